The zero-order valence-electron chi connectivity index (χ0n) is 12.9. The van der Waals surface area contributed by atoms with Gasteiger partial charge < -0.3 is 4.90 Å². The highest BCUT2D eigenvalue weighted by Crippen LogP contribution is 2.31. The quantitative estimate of drug-likeness (QED) is 0.886. The minimum absolute atomic E-state index is 0.0768. The molecule has 1 fully saturated rings. The van der Waals surface area contributed by atoms with Crippen LogP contribution in [-0.2, 0) is 11.2 Å². The first-order valence-electron chi connectivity index (χ1n) is 7.95. The zero-order valence-corrected chi connectivity index (χ0v) is 13.7. The molecule has 2 heterocycles. The van der Waals surface area contributed by atoms with Crippen molar-refractivity contribution in [1.82, 2.24) is 4.98 Å². The van der Waals surface area contributed by atoms with Gasteiger partial charge in [-0.15, -0.1) is 11.3 Å². The molecule has 0 unspecified atom stereocenters. The zero-order chi connectivity index (χ0) is 15.4. The summed E-state index contributed by atoms with van der Waals surface area (Å²) in [5, 5.41) is 3.70. The molecule has 0 atom stereocenters. The Kier molecular flexibility index (Phi) is 4.85. The van der Waals surface area contributed by atoms with Crippen molar-refractivity contribution in [2.45, 2.75) is 26.2 Å². The molecular weight excluding hydrogens is 294 g/mol. The van der Waals surface area contributed by atoms with Gasteiger partial charge in [0.2, 0.25) is 0 Å². The van der Waals surface area contributed by atoms with E-state index in [2.05, 4.69) is 29.4 Å². The number of benzene rings is 1. The third kappa shape index (κ3) is 3.54. The normalized spacial score (nSPS) is 15.1. The molecule has 2 N–H and O–H groups in total. The maximum Gasteiger partial charge on any atom is 0.281 e. The largest absolute Gasteiger partial charge is 0.327 e. The molecule has 1 saturated heterocycles. The third-order valence-corrected chi connectivity index (χ3v) is 5.15. The van der Waals surface area contributed by atoms with E-state index in [9.17, 15) is 4.79 Å². The van der Waals surface area contributed by atoms with Crippen LogP contribution in [0.25, 0.3) is 11.3 Å². The summed E-state index contributed by atoms with van der Waals surface area (Å²) in [6, 6.07) is 10.2. The molecule has 5 heteroatoms. The minimum atomic E-state index is 0.0768. The van der Waals surface area contributed by atoms with Gasteiger partial charge in [0.25, 0.3) is 5.91 Å². The molecule has 1 aromatic carbocycles. The lowest BCUT2D eigenvalue weighted by molar-refractivity contribution is -0.878. The molecule has 0 aliphatic carbocycles. The molecule has 22 heavy (non-hydrogen) atoms. The lowest BCUT2D eigenvalue weighted by Crippen LogP contribution is -3.11. The third-order valence-electron chi connectivity index (χ3n) is 4.03. The first kappa shape index (κ1) is 15.2. The Morgan fingerprint density at radius 2 is 2.00 bits per heavy atom. The Bertz CT molecular complexity index is 633. The smallest absolute Gasteiger partial charge is 0.281 e. The van der Waals surface area contributed by atoms with Crippen molar-refractivity contribution in [3.05, 3.63) is 35.2 Å². The Balaban J connectivity index is 1.72. The van der Waals surface area contributed by atoms with Crippen LogP contribution in [0.2, 0.25) is 0 Å². The lowest BCUT2D eigenvalue weighted by atomic mass is 10.1. The highest BCUT2D eigenvalue weighted by atomic mass is 32.1. The highest BCUT2D eigenvalue weighted by molar-refractivity contribution is 7.16. The van der Waals surface area contributed by atoms with Crippen molar-refractivity contribution in [1.29, 1.82) is 0 Å². The molecular formula is C17H22N3OS+. The van der Waals surface area contributed by atoms with Crippen molar-refractivity contribution in [3.8, 4) is 11.3 Å². The van der Waals surface area contributed by atoms with E-state index in [1.807, 2.05) is 18.2 Å². The van der Waals surface area contributed by atoms with Gasteiger partial charge in [-0.2, -0.15) is 0 Å². The fourth-order valence-electron chi connectivity index (χ4n) is 2.91. The standard InChI is InChI=1S/C17H21N3OS/c1-2-14-16(13-8-4-3-5-9-13)19-17(22-14)18-15(21)12-20-10-6-7-11-20/h3-5,8-9H,2,6-7,10-12H2,1H3,(H,18,19,21)/p+1. The second kappa shape index (κ2) is 7.03. The van der Waals surface area contributed by atoms with Crippen LogP contribution < -0.4 is 10.2 Å². The number of aryl methyl sites for hydroxylation is 1. The van der Waals surface area contributed by atoms with Gasteiger partial charge in [0.15, 0.2) is 11.7 Å². The van der Waals surface area contributed by atoms with Crippen LogP contribution in [0, 0.1) is 0 Å². The van der Waals surface area contributed by atoms with Crippen molar-refractivity contribution < 1.29 is 9.69 Å². The SMILES string of the molecule is CCc1sc(NC(=O)C[NH+]2CCCC2)nc1-c1ccccc1. The number of carbonyl (C=O) groups excluding carboxylic acids is 1. The van der Waals surface area contributed by atoms with Crippen LogP contribution in [0.4, 0.5) is 5.13 Å². The van der Waals surface area contributed by atoms with Gasteiger partial charge >= 0.3 is 0 Å². The molecule has 1 amide bonds. The number of aromatic nitrogens is 1. The van der Waals surface area contributed by atoms with Crippen LogP contribution >= 0.6 is 11.3 Å². The molecule has 3 rings (SSSR count). The van der Waals surface area contributed by atoms with E-state index in [-0.39, 0.29) is 5.91 Å². The van der Waals surface area contributed by atoms with E-state index >= 15 is 0 Å². The van der Waals surface area contributed by atoms with Crippen molar-refractivity contribution >= 4 is 22.4 Å². The molecule has 0 radical (unpaired) electrons. The molecule has 0 bridgehead atoms. The summed E-state index contributed by atoms with van der Waals surface area (Å²) in [5.41, 5.74) is 2.11. The van der Waals surface area contributed by atoms with Gasteiger partial charge in [0.05, 0.1) is 18.8 Å². The fraction of sp³-hybridized carbons (Fsp3) is 0.412. The van der Waals surface area contributed by atoms with E-state index in [1.54, 1.807) is 11.3 Å². The summed E-state index contributed by atoms with van der Waals surface area (Å²) in [7, 11) is 0. The van der Waals surface area contributed by atoms with Gasteiger partial charge in [-0.3, -0.25) is 10.1 Å². The van der Waals surface area contributed by atoms with Crippen LogP contribution in [-0.4, -0.2) is 30.5 Å². The van der Waals surface area contributed by atoms with Crippen LogP contribution in [0.3, 0.4) is 0 Å². The number of nitrogens with one attached hydrogen (secondary N) is 2. The molecule has 0 spiro atoms. The monoisotopic (exact) mass is 316 g/mol. The van der Waals surface area contributed by atoms with Crippen molar-refractivity contribution in [2.24, 2.45) is 0 Å². The van der Waals surface area contributed by atoms with Crippen LogP contribution in [0.1, 0.15) is 24.6 Å². The Labute approximate surface area is 135 Å². The number of hydrogen-bond acceptors (Lipinski definition) is 3. The molecule has 4 nitrogen and oxygen atoms in total. The summed E-state index contributed by atoms with van der Waals surface area (Å²) in [6.45, 7) is 4.91. The molecule has 1 aliphatic rings. The van der Waals surface area contributed by atoms with Gasteiger partial charge in [0.1, 0.15) is 0 Å². The number of rotatable bonds is 5. The van der Waals surface area contributed by atoms with E-state index in [1.165, 1.54) is 22.6 Å². The lowest BCUT2D eigenvalue weighted by Gasteiger charge is -2.10. The van der Waals surface area contributed by atoms with Crippen LogP contribution in [0.5, 0.6) is 0 Å². The summed E-state index contributed by atoms with van der Waals surface area (Å²) in [6.07, 6.45) is 3.39. The molecule has 116 valence electrons. The van der Waals surface area contributed by atoms with E-state index < -0.39 is 0 Å². The van der Waals surface area contributed by atoms with Crippen LogP contribution in [0.15, 0.2) is 30.3 Å². The van der Waals surface area contributed by atoms with E-state index in [0.29, 0.717) is 6.54 Å². The number of anilines is 1. The first-order chi connectivity index (χ1) is 10.8. The number of quaternary nitrogens is 1. The topological polar surface area (TPSA) is 46.4 Å². The predicted molar refractivity (Wildman–Crippen MR) is 90.4 cm³/mol. The number of likely N-dealkylation sites (tertiary alicyclic amines) is 1. The summed E-state index contributed by atoms with van der Waals surface area (Å²) in [4.78, 5) is 19.4. The maximum absolute atomic E-state index is 12.1. The molecule has 2 aromatic rings. The number of carbonyl (C=O) groups is 1. The predicted octanol–water partition coefficient (Wildman–Crippen LogP) is 1.99. The molecule has 0 saturated carbocycles. The Morgan fingerprint density at radius 3 is 2.68 bits per heavy atom. The number of hydrogen-bond donors (Lipinski definition) is 2. The average Bonchev–Trinajstić information content (AvgIpc) is 3.17. The van der Waals surface area contributed by atoms with Gasteiger partial charge in [-0.1, -0.05) is 37.3 Å². The first-order valence-corrected chi connectivity index (χ1v) is 8.76. The van der Waals surface area contributed by atoms with Crippen molar-refractivity contribution in [2.75, 3.05) is 25.0 Å². The fourth-order valence-corrected chi connectivity index (χ4v) is 3.85. The maximum atomic E-state index is 12.1. The second-order valence-corrected chi connectivity index (χ2v) is 6.78. The average molecular weight is 316 g/mol. The Hall–Kier alpha value is -1.72. The minimum Gasteiger partial charge on any atom is -0.327 e. The van der Waals surface area contributed by atoms with E-state index in [4.69, 9.17) is 0 Å². The number of nitrogens with zero attached hydrogens (tertiary/aromatic N) is 1. The molecule has 1 aliphatic heterocycles. The Morgan fingerprint density at radius 1 is 1.27 bits per heavy atom. The van der Waals surface area contributed by atoms with Gasteiger partial charge in [0, 0.05) is 23.3 Å². The summed E-state index contributed by atoms with van der Waals surface area (Å²) in [5.74, 6) is 0.0768. The molecule has 1 aromatic heterocycles. The van der Waals surface area contributed by atoms with Crippen molar-refractivity contribution in [3.63, 3.8) is 0 Å². The number of amides is 1. The number of thiazole rings is 1. The highest BCUT2D eigenvalue weighted by Gasteiger charge is 2.20. The summed E-state index contributed by atoms with van der Waals surface area (Å²) >= 11 is 1.59. The van der Waals surface area contributed by atoms with E-state index in [0.717, 1.165) is 35.9 Å². The second-order valence-electron chi connectivity index (χ2n) is 5.69. The van der Waals surface area contributed by atoms with Gasteiger partial charge in [-0.05, 0) is 6.42 Å². The summed E-state index contributed by atoms with van der Waals surface area (Å²) < 4.78 is 0. The van der Waals surface area contributed by atoms with Gasteiger partial charge in [-0.25, -0.2) is 4.98 Å².